The van der Waals surface area contributed by atoms with E-state index in [-0.39, 0.29) is 5.91 Å². The highest BCUT2D eigenvalue weighted by molar-refractivity contribution is 5.90. The highest BCUT2D eigenvalue weighted by atomic mass is 16.5. The Morgan fingerprint density at radius 2 is 2.28 bits per heavy atom. The number of methoxy groups -OCH3 is 1. The maximum absolute atomic E-state index is 11.7. The number of carbonyl (C=O) groups excluding carboxylic acids is 1. The highest BCUT2D eigenvalue weighted by Gasteiger charge is 2.24. The van der Waals surface area contributed by atoms with Crippen LogP contribution in [0, 0.1) is 5.92 Å². The molecule has 6 heteroatoms. The fourth-order valence-corrected chi connectivity index (χ4v) is 3.12. The number of rotatable bonds is 7. The van der Waals surface area contributed by atoms with Gasteiger partial charge >= 0.3 is 0 Å². The molecule has 25 heavy (non-hydrogen) atoms. The number of hydrogen-bond acceptors (Lipinski definition) is 3. The summed E-state index contributed by atoms with van der Waals surface area (Å²) >= 11 is 0. The number of nitrogens with one attached hydrogen (secondary N) is 2. The SMILES string of the molecule is CCCC(=O)Nc1cccc(CNC(=NC)N2CCC(COC)C2)c1. The molecule has 0 radical (unpaired) electrons. The first-order valence-electron chi connectivity index (χ1n) is 8.99. The summed E-state index contributed by atoms with van der Waals surface area (Å²) in [5.74, 6) is 1.55. The zero-order valence-electron chi connectivity index (χ0n) is 15.5. The number of guanidine groups is 1. The monoisotopic (exact) mass is 346 g/mol. The Bertz CT molecular complexity index is 589. The first-order valence-corrected chi connectivity index (χ1v) is 8.99. The van der Waals surface area contributed by atoms with Crippen molar-refractivity contribution in [2.45, 2.75) is 32.7 Å². The lowest BCUT2D eigenvalue weighted by Gasteiger charge is -2.22. The fourth-order valence-electron chi connectivity index (χ4n) is 3.12. The summed E-state index contributed by atoms with van der Waals surface area (Å²) in [6.45, 7) is 5.45. The predicted molar refractivity (Wildman–Crippen MR) is 102 cm³/mol. The molecule has 1 aliphatic rings. The summed E-state index contributed by atoms with van der Waals surface area (Å²) in [5, 5.41) is 6.36. The Morgan fingerprint density at radius 1 is 1.44 bits per heavy atom. The minimum atomic E-state index is 0.0599. The zero-order valence-corrected chi connectivity index (χ0v) is 15.5. The number of carbonyl (C=O) groups is 1. The van der Waals surface area contributed by atoms with Crippen molar-refractivity contribution >= 4 is 17.6 Å². The summed E-state index contributed by atoms with van der Waals surface area (Å²) in [6.07, 6.45) is 2.53. The smallest absolute Gasteiger partial charge is 0.224 e. The molecular weight excluding hydrogens is 316 g/mol. The number of likely N-dealkylation sites (tertiary alicyclic amines) is 1. The van der Waals surface area contributed by atoms with Crippen LogP contribution in [0.15, 0.2) is 29.3 Å². The van der Waals surface area contributed by atoms with Gasteiger partial charge in [0.2, 0.25) is 5.91 Å². The van der Waals surface area contributed by atoms with E-state index in [1.807, 2.05) is 38.2 Å². The number of amides is 1. The van der Waals surface area contributed by atoms with Crippen molar-refractivity contribution in [1.29, 1.82) is 0 Å². The van der Waals surface area contributed by atoms with E-state index in [1.165, 1.54) is 0 Å². The maximum Gasteiger partial charge on any atom is 0.224 e. The molecule has 1 aromatic rings. The molecule has 1 atom stereocenters. The lowest BCUT2D eigenvalue weighted by atomic mass is 10.1. The van der Waals surface area contributed by atoms with Gasteiger partial charge in [0, 0.05) is 51.8 Å². The van der Waals surface area contributed by atoms with Gasteiger partial charge in [0.05, 0.1) is 6.61 Å². The van der Waals surface area contributed by atoms with Crippen LogP contribution in [0.1, 0.15) is 31.7 Å². The Morgan fingerprint density at radius 3 is 3.00 bits per heavy atom. The lowest BCUT2D eigenvalue weighted by molar-refractivity contribution is -0.116. The van der Waals surface area contributed by atoms with E-state index < -0.39 is 0 Å². The molecule has 6 nitrogen and oxygen atoms in total. The summed E-state index contributed by atoms with van der Waals surface area (Å²) < 4.78 is 5.26. The average molecular weight is 346 g/mol. The van der Waals surface area contributed by atoms with E-state index in [0.717, 1.165) is 49.7 Å². The van der Waals surface area contributed by atoms with Gasteiger partial charge in [-0.25, -0.2) is 0 Å². The number of ether oxygens (including phenoxy) is 1. The van der Waals surface area contributed by atoms with E-state index in [2.05, 4.69) is 20.5 Å². The third-order valence-corrected chi connectivity index (χ3v) is 4.34. The molecule has 2 rings (SSSR count). The minimum Gasteiger partial charge on any atom is -0.384 e. The van der Waals surface area contributed by atoms with E-state index in [0.29, 0.717) is 18.9 Å². The fraction of sp³-hybridized carbons (Fsp3) is 0.579. The molecule has 1 amide bonds. The van der Waals surface area contributed by atoms with Crippen LogP contribution in [0.3, 0.4) is 0 Å². The summed E-state index contributed by atoms with van der Waals surface area (Å²) in [5.41, 5.74) is 1.96. The Hall–Kier alpha value is -2.08. The van der Waals surface area contributed by atoms with Gasteiger partial charge in [0.1, 0.15) is 0 Å². The molecule has 138 valence electrons. The van der Waals surface area contributed by atoms with Gasteiger partial charge in [-0.1, -0.05) is 19.1 Å². The molecule has 2 N–H and O–H groups in total. The van der Waals surface area contributed by atoms with Crippen molar-refractivity contribution in [2.24, 2.45) is 10.9 Å². The average Bonchev–Trinajstić information content (AvgIpc) is 3.05. The Kier molecular flexibility index (Phi) is 7.73. The highest BCUT2D eigenvalue weighted by Crippen LogP contribution is 2.17. The van der Waals surface area contributed by atoms with E-state index in [9.17, 15) is 4.79 Å². The molecule has 1 fully saturated rings. The van der Waals surface area contributed by atoms with Crippen LogP contribution in [0.5, 0.6) is 0 Å². The van der Waals surface area contributed by atoms with Crippen LogP contribution in [0.2, 0.25) is 0 Å². The summed E-state index contributed by atoms with van der Waals surface area (Å²) in [6, 6.07) is 7.94. The molecule has 1 heterocycles. The van der Waals surface area contributed by atoms with Crippen molar-refractivity contribution < 1.29 is 9.53 Å². The molecule has 0 aromatic heterocycles. The molecule has 0 aliphatic carbocycles. The van der Waals surface area contributed by atoms with Gasteiger partial charge in [-0.15, -0.1) is 0 Å². The standard InChI is InChI=1S/C19H30N4O2/c1-4-6-18(24)22-17-8-5-7-15(11-17)12-21-19(20-2)23-10-9-16(13-23)14-25-3/h5,7-8,11,16H,4,6,9-10,12-14H2,1-3H3,(H,20,21)(H,22,24). The lowest BCUT2D eigenvalue weighted by Crippen LogP contribution is -2.39. The van der Waals surface area contributed by atoms with Gasteiger partial charge in [-0.3, -0.25) is 9.79 Å². The van der Waals surface area contributed by atoms with Gasteiger partial charge in [0.15, 0.2) is 5.96 Å². The van der Waals surface area contributed by atoms with Crippen LogP contribution in [0.4, 0.5) is 5.69 Å². The van der Waals surface area contributed by atoms with Crippen molar-refractivity contribution in [2.75, 3.05) is 39.2 Å². The predicted octanol–water partition coefficient (Wildman–Crippen LogP) is 2.47. The zero-order chi connectivity index (χ0) is 18.1. The molecular formula is C19H30N4O2. The minimum absolute atomic E-state index is 0.0599. The van der Waals surface area contributed by atoms with Crippen LogP contribution < -0.4 is 10.6 Å². The van der Waals surface area contributed by atoms with Gasteiger partial charge < -0.3 is 20.3 Å². The quantitative estimate of drug-likeness (QED) is 0.588. The Balaban J connectivity index is 1.88. The largest absolute Gasteiger partial charge is 0.384 e. The molecule has 1 unspecified atom stereocenters. The first-order chi connectivity index (χ1) is 12.2. The molecule has 0 spiro atoms. The van der Waals surface area contributed by atoms with Crippen LogP contribution in [0.25, 0.3) is 0 Å². The third kappa shape index (κ3) is 6.05. The molecule has 1 aliphatic heterocycles. The van der Waals surface area contributed by atoms with Crippen LogP contribution >= 0.6 is 0 Å². The maximum atomic E-state index is 11.7. The van der Waals surface area contributed by atoms with Gasteiger partial charge in [0.25, 0.3) is 0 Å². The van der Waals surface area contributed by atoms with Crippen molar-refractivity contribution in [3.63, 3.8) is 0 Å². The second kappa shape index (κ2) is 10.0. The first kappa shape index (κ1) is 19.2. The number of nitrogens with zero attached hydrogens (tertiary/aromatic N) is 2. The van der Waals surface area contributed by atoms with Crippen LogP contribution in [-0.2, 0) is 16.1 Å². The normalized spacial score (nSPS) is 17.6. The molecule has 0 saturated carbocycles. The third-order valence-electron chi connectivity index (χ3n) is 4.34. The molecule has 1 saturated heterocycles. The second-order valence-corrected chi connectivity index (χ2v) is 6.46. The van der Waals surface area contributed by atoms with Crippen molar-refractivity contribution in [3.05, 3.63) is 29.8 Å². The van der Waals surface area contributed by atoms with Crippen molar-refractivity contribution in [1.82, 2.24) is 10.2 Å². The number of anilines is 1. The van der Waals surface area contributed by atoms with E-state index in [4.69, 9.17) is 4.74 Å². The second-order valence-electron chi connectivity index (χ2n) is 6.46. The van der Waals surface area contributed by atoms with Gasteiger partial charge in [-0.05, 0) is 30.5 Å². The molecule has 1 aromatic carbocycles. The van der Waals surface area contributed by atoms with Crippen LogP contribution in [-0.4, -0.2) is 50.6 Å². The van der Waals surface area contributed by atoms with Crippen molar-refractivity contribution in [3.8, 4) is 0 Å². The molecule has 0 bridgehead atoms. The number of benzene rings is 1. The topological polar surface area (TPSA) is 66.0 Å². The van der Waals surface area contributed by atoms with E-state index in [1.54, 1.807) is 7.11 Å². The summed E-state index contributed by atoms with van der Waals surface area (Å²) in [4.78, 5) is 18.4. The number of aliphatic imine (C=N–C) groups is 1. The van der Waals surface area contributed by atoms with E-state index >= 15 is 0 Å². The Labute approximate surface area is 150 Å². The summed E-state index contributed by atoms with van der Waals surface area (Å²) in [7, 11) is 3.56. The number of hydrogen-bond donors (Lipinski definition) is 2. The van der Waals surface area contributed by atoms with Gasteiger partial charge in [-0.2, -0.15) is 0 Å².